The first-order valence-electron chi connectivity index (χ1n) is 7.08. The maximum absolute atomic E-state index is 11.9. The summed E-state index contributed by atoms with van der Waals surface area (Å²) in [6.07, 6.45) is 4.02. The first-order chi connectivity index (χ1) is 9.08. The summed E-state index contributed by atoms with van der Waals surface area (Å²) >= 11 is 0. The summed E-state index contributed by atoms with van der Waals surface area (Å²) < 4.78 is 1.50. The molecule has 1 rings (SSSR count). The van der Waals surface area contributed by atoms with Crippen LogP contribution in [0.3, 0.4) is 0 Å². The fraction of sp³-hybridized carbons (Fsp3) is 0.714. The van der Waals surface area contributed by atoms with Gasteiger partial charge in [0.15, 0.2) is 0 Å². The Morgan fingerprint density at radius 3 is 2.58 bits per heavy atom. The van der Waals surface area contributed by atoms with Gasteiger partial charge in [0.1, 0.15) is 0 Å². The van der Waals surface area contributed by atoms with Gasteiger partial charge in [0.2, 0.25) is 0 Å². The molecule has 0 amide bonds. The average molecular weight is 267 g/mol. The molecule has 108 valence electrons. The molecule has 0 saturated carbocycles. The van der Waals surface area contributed by atoms with Gasteiger partial charge in [0.05, 0.1) is 18.0 Å². The molecule has 1 aromatic heterocycles. The van der Waals surface area contributed by atoms with E-state index in [2.05, 4.69) is 23.8 Å². The van der Waals surface area contributed by atoms with Crippen molar-refractivity contribution in [3.63, 3.8) is 0 Å². The van der Waals surface area contributed by atoms with Gasteiger partial charge in [-0.2, -0.15) is 5.10 Å². The third-order valence-electron chi connectivity index (χ3n) is 3.23. The number of aryl methyl sites for hydroxylation is 1. The van der Waals surface area contributed by atoms with E-state index in [1.165, 1.54) is 4.68 Å². The van der Waals surface area contributed by atoms with Crippen LogP contribution in [0, 0.1) is 0 Å². The van der Waals surface area contributed by atoms with Crippen LogP contribution >= 0.6 is 0 Å². The smallest absolute Gasteiger partial charge is 0.268 e. The molecule has 0 spiro atoms. The van der Waals surface area contributed by atoms with Crippen LogP contribution in [0.2, 0.25) is 0 Å². The largest absolute Gasteiger partial charge is 0.393 e. The molecule has 0 saturated heterocycles. The number of anilines is 1. The Labute approximate surface area is 114 Å². The van der Waals surface area contributed by atoms with Gasteiger partial charge < -0.3 is 10.0 Å². The Balaban J connectivity index is 2.60. The van der Waals surface area contributed by atoms with Crippen LogP contribution in [0.15, 0.2) is 17.1 Å². The summed E-state index contributed by atoms with van der Waals surface area (Å²) in [5.41, 5.74) is 0.830. The van der Waals surface area contributed by atoms with Crippen LogP contribution in [0.1, 0.15) is 40.0 Å². The normalized spacial score (nSPS) is 12.4. The zero-order valence-electron chi connectivity index (χ0n) is 12.2. The zero-order chi connectivity index (χ0) is 14.3. The standard InChI is InChI=1S/C14H25N3O2/c1-4-16(5-2)13-10-14(19)17(15-11-13)9-7-6-8-12(3)18/h10-12,18H,4-9H2,1-3H3. The number of aromatic nitrogens is 2. The monoisotopic (exact) mass is 267 g/mol. The van der Waals surface area contributed by atoms with Gasteiger partial charge in [0.25, 0.3) is 5.56 Å². The lowest BCUT2D eigenvalue weighted by molar-refractivity contribution is 0.179. The van der Waals surface area contributed by atoms with Crippen LogP contribution in [-0.2, 0) is 6.54 Å². The maximum atomic E-state index is 11.9. The van der Waals surface area contributed by atoms with E-state index in [0.29, 0.717) is 6.54 Å². The Morgan fingerprint density at radius 1 is 1.37 bits per heavy atom. The number of hydrogen-bond acceptors (Lipinski definition) is 4. The fourth-order valence-corrected chi connectivity index (χ4v) is 2.05. The molecule has 19 heavy (non-hydrogen) atoms. The molecule has 1 atom stereocenters. The van der Waals surface area contributed by atoms with Gasteiger partial charge in [-0.1, -0.05) is 0 Å². The van der Waals surface area contributed by atoms with Crippen LogP contribution in [0.4, 0.5) is 5.69 Å². The maximum Gasteiger partial charge on any atom is 0.268 e. The summed E-state index contributed by atoms with van der Waals surface area (Å²) in [4.78, 5) is 14.0. The van der Waals surface area contributed by atoms with E-state index >= 15 is 0 Å². The number of nitrogens with zero attached hydrogens (tertiary/aromatic N) is 3. The number of aliphatic hydroxyl groups is 1. The van der Waals surface area contributed by atoms with E-state index in [1.807, 2.05) is 0 Å². The second-order valence-electron chi connectivity index (χ2n) is 4.79. The minimum atomic E-state index is -0.269. The van der Waals surface area contributed by atoms with Crippen molar-refractivity contribution in [2.24, 2.45) is 0 Å². The van der Waals surface area contributed by atoms with E-state index in [9.17, 15) is 4.79 Å². The van der Waals surface area contributed by atoms with E-state index < -0.39 is 0 Å². The molecule has 1 unspecified atom stereocenters. The molecule has 0 aliphatic rings. The Morgan fingerprint density at radius 2 is 2.05 bits per heavy atom. The van der Waals surface area contributed by atoms with Gasteiger partial charge in [-0.15, -0.1) is 0 Å². The molecule has 5 heteroatoms. The lowest BCUT2D eigenvalue weighted by Crippen LogP contribution is -2.27. The van der Waals surface area contributed by atoms with Crippen molar-refractivity contribution in [2.75, 3.05) is 18.0 Å². The van der Waals surface area contributed by atoms with Gasteiger partial charge in [-0.3, -0.25) is 4.79 Å². The Kier molecular flexibility index (Phi) is 6.56. The van der Waals surface area contributed by atoms with Crippen LogP contribution in [0.5, 0.6) is 0 Å². The van der Waals surface area contributed by atoms with Crippen molar-refractivity contribution in [2.45, 2.75) is 52.7 Å². The molecule has 0 radical (unpaired) electrons. The summed E-state index contributed by atoms with van der Waals surface area (Å²) in [5.74, 6) is 0. The molecular formula is C14H25N3O2. The molecule has 1 aromatic rings. The summed E-state index contributed by atoms with van der Waals surface area (Å²) in [7, 11) is 0. The third kappa shape index (κ3) is 5.03. The highest BCUT2D eigenvalue weighted by Gasteiger charge is 2.05. The van der Waals surface area contributed by atoms with Crippen LogP contribution in [0.25, 0.3) is 0 Å². The molecule has 0 fully saturated rings. The van der Waals surface area contributed by atoms with E-state index in [0.717, 1.165) is 38.0 Å². The van der Waals surface area contributed by atoms with Crippen molar-refractivity contribution >= 4 is 5.69 Å². The first-order valence-corrected chi connectivity index (χ1v) is 7.08. The molecule has 0 bridgehead atoms. The van der Waals surface area contributed by atoms with Crippen LogP contribution < -0.4 is 10.5 Å². The highest BCUT2D eigenvalue weighted by Crippen LogP contribution is 2.08. The predicted octanol–water partition coefficient (Wildman–Crippen LogP) is 1.64. The van der Waals surface area contributed by atoms with E-state index in [-0.39, 0.29) is 11.7 Å². The van der Waals surface area contributed by atoms with Gasteiger partial charge >= 0.3 is 0 Å². The van der Waals surface area contributed by atoms with Crippen molar-refractivity contribution in [3.8, 4) is 0 Å². The van der Waals surface area contributed by atoms with Crippen molar-refractivity contribution in [1.82, 2.24) is 9.78 Å². The predicted molar refractivity (Wildman–Crippen MR) is 77.6 cm³/mol. The summed E-state index contributed by atoms with van der Waals surface area (Å²) in [6, 6.07) is 1.65. The highest BCUT2D eigenvalue weighted by molar-refractivity contribution is 5.42. The first kappa shape index (κ1) is 15.7. The lowest BCUT2D eigenvalue weighted by Gasteiger charge is -2.20. The molecule has 1 N–H and O–H groups in total. The average Bonchev–Trinajstić information content (AvgIpc) is 2.38. The molecule has 0 aliphatic carbocycles. The molecule has 0 aliphatic heterocycles. The topological polar surface area (TPSA) is 58.4 Å². The summed E-state index contributed by atoms with van der Waals surface area (Å²) in [6.45, 7) is 8.26. The Hall–Kier alpha value is -1.36. The molecule has 1 heterocycles. The SMILES string of the molecule is CCN(CC)c1cnn(CCCCC(C)O)c(=O)c1. The molecule has 5 nitrogen and oxygen atoms in total. The second-order valence-corrected chi connectivity index (χ2v) is 4.79. The number of aliphatic hydroxyl groups excluding tert-OH is 1. The van der Waals surface area contributed by atoms with E-state index in [4.69, 9.17) is 5.11 Å². The highest BCUT2D eigenvalue weighted by atomic mass is 16.3. The second kappa shape index (κ2) is 7.94. The van der Waals surface area contributed by atoms with Gasteiger partial charge in [-0.05, 0) is 40.0 Å². The van der Waals surface area contributed by atoms with Crippen molar-refractivity contribution in [3.05, 3.63) is 22.6 Å². The van der Waals surface area contributed by atoms with Crippen molar-refractivity contribution in [1.29, 1.82) is 0 Å². The lowest BCUT2D eigenvalue weighted by atomic mass is 10.2. The quantitative estimate of drug-likeness (QED) is 0.727. The van der Waals surface area contributed by atoms with Crippen molar-refractivity contribution < 1.29 is 5.11 Å². The minimum absolute atomic E-state index is 0.0542. The van der Waals surface area contributed by atoms with Gasteiger partial charge in [0, 0.05) is 25.7 Å². The van der Waals surface area contributed by atoms with E-state index in [1.54, 1.807) is 19.2 Å². The van der Waals surface area contributed by atoms with Crippen LogP contribution in [-0.4, -0.2) is 34.1 Å². The number of rotatable bonds is 8. The number of hydrogen-bond donors (Lipinski definition) is 1. The molecular weight excluding hydrogens is 242 g/mol. The fourth-order valence-electron chi connectivity index (χ4n) is 2.05. The molecule has 0 aromatic carbocycles. The minimum Gasteiger partial charge on any atom is -0.393 e. The zero-order valence-corrected chi connectivity index (χ0v) is 12.2. The summed E-state index contributed by atoms with van der Waals surface area (Å²) in [5, 5.41) is 13.4. The third-order valence-corrected chi connectivity index (χ3v) is 3.23. The van der Waals surface area contributed by atoms with Gasteiger partial charge in [-0.25, -0.2) is 4.68 Å². The number of unbranched alkanes of at least 4 members (excludes halogenated alkanes) is 1. The Bertz CT molecular complexity index is 425.